The molecule has 1 amide bonds. The molecule has 1 aromatic carbocycles. The van der Waals surface area contributed by atoms with E-state index in [2.05, 4.69) is 33.9 Å². The molecule has 1 heterocycles. The molecular formula is C24H33N5O. The molecular weight excluding hydrogens is 374 g/mol. The van der Waals surface area contributed by atoms with Crippen LogP contribution >= 0.6 is 0 Å². The minimum absolute atomic E-state index is 0.0726. The van der Waals surface area contributed by atoms with Crippen molar-refractivity contribution >= 4 is 17.3 Å². The van der Waals surface area contributed by atoms with Crippen molar-refractivity contribution < 1.29 is 4.79 Å². The van der Waals surface area contributed by atoms with E-state index in [0.29, 0.717) is 6.54 Å². The van der Waals surface area contributed by atoms with E-state index in [1.54, 1.807) is 9.58 Å². The Kier molecular flexibility index (Phi) is 4.95. The average molecular weight is 408 g/mol. The van der Waals surface area contributed by atoms with Gasteiger partial charge in [0.25, 0.3) is 0 Å². The first-order valence-corrected chi connectivity index (χ1v) is 11.3. The van der Waals surface area contributed by atoms with Crippen molar-refractivity contribution in [1.82, 2.24) is 14.7 Å². The quantitative estimate of drug-likeness (QED) is 0.731. The molecule has 0 spiro atoms. The van der Waals surface area contributed by atoms with Crippen molar-refractivity contribution in [2.45, 2.75) is 50.6 Å². The number of aryl methyl sites for hydroxylation is 1. The molecule has 4 saturated carbocycles. The molecule has 2 N–H and O–H groups in total. The van der Waals surface area contributed by atoms with Gasteiger partial charge in [0.2, 0.25) is 5.91 Å². The summed E-state index contributed by atoms with van der Waals surface area (Å²) in [6.07, 6.45) is 12.0. The van der Waals surface area contributed by atoms with Crippen molar-refractivity contribution in [3.8, 4) is 0 Å². The highest BCUT2D eigenvalue weighted by Gasteiger charge is 2.51. The molecule has 6 heteroatoms. The van der Waals surface area contributed by atoms with Crippen LogP contribution in [-0.4, -0.2) is 39.7 Å². The van der Waals surface area contributed by atoms with E-state index in [4.69, 9.17) is 0 Å². The van der Waals surface area contributed by atoms with Crippen LogP contribution in [0.4, 0.5) is 11.4 Å². The second-order valence-electron chi connectivity index (χ2n) is 9.99. The van der Waals surface area contributed by atoms with E-state index in [1.807, 2.05) is 32.6 Å². The average Bonchev–Trinajstić information content (AvgIpc) is 3.10. The largest absolute Gasteiger partial charge is 0.378 e. The van der Waals surface area contributed by atoms with Gasteiger partial charge in [-0.25, -0.2) is 0 Å². The van der Waals surface area contributed by atoms with Crippen LogP contribution in [0, 0.1) is 17.8 Å². The van der Waals surface area contributed by atoms with Gasteiger partial charge in [-0.3, -0.25) is 9.48 Å². The lowest BCUT2D eigenvalue weighted by atomic mass is 9.53. The maximum Gasteiger partial charge on any atom is 0.241 e. The van der Waals surface area contributed by atoms with Crippen molar-refractivity contribution in [2.24, 2.45) is 24.8 Å². The Morgan fingerprint density at radius 2 is 1.77 bits per heavy atom. The summed E-state index contributed by atoms with van der Waals surface area (Å²) in [5.74, 6) is 2.80. The number of carbonyl (C=O) groups is 1. The fourth-order valence-electron chi connectivity index (χ4n) is 6.52. The fourth-order valence-corrected chi connectivity index (χ4v) is 6.52. The molecule has 6 rings (SSSR count). The van der Waals surface area contributed by atoms with Gasteiger partial charge in [0.05, 0.1) is 24.1 Å². The number of nitrogens with one attached hydrogen (secondary N) is 2. The van der Waals surface area contributed by atoms with E-state index in [1.165, 1.54) is 38.5 Å². The number of benzene rings is 1. The Hall–Kier alpha value is -2.50. The smallest absolute Gasteiger partial charge is 0.241 e. The van der Waals surface area contributed by atoms with Gasteiger partial charge in [-0.1, -0.05) is 12.1 Å². The number of rotatable bonds is 7. The Balaban J connectivity index is 1.23. The second kappa shape index (κ2) is 7.64. The zero-order valence-electron chi connectivity index (χ0n) is 18.1. The van der Waals surface area contributed by atoms with Crippen molar-refractivity contribution in [3.63, 3.8) is 0 Å². The topological polar surface area (TPSA) is 62.2 Å². The lowest BCUT2D eigenvalue weighted by molar-refractivity contribution is -0.128. The van der Waals surface area contributed by atoms with Gasteiger partial charge in [-0.2, -0.15) is 5.10 Å². The van der Waals surface area contributed by atoms with Crippen LogP contribution in [-0.2, 0) is 18.4 Å². The van der Waals surface area contributed by atoms with Crippen molar-refractivity contribution in [3.05, 3.63) is 42.2 Å². The molecule has 4 fully saturated rings. The van der Waals surface area contributed by atoms with Crippen LogP contribution in [0.2, 0.25) is 0 Å². The summed E-state index contributed by atoms with van der Waals surface area (Å²) in [6, 6.07) is 8.36. The molecule has 160 valence electrons. The lowest BCUT2D eigenvalue weighted by Gasteiger charge is -2.57. The third-order valence-corrected chi connectivity index (χ3v) is 7.40. The molecule has 1 aromatic heterocycles. The van der Waals surface area contributed by atoms with Gasteiger partial charge in [0.1, 0.15) is 0 Å². The molecule has 0 aliphatic heterocycles. The summed E-state index contributed by atoms with van der Waals surface area (Å²) < 4.78 is 1.76. The lowest BCUT2D eigenvalue weighted by Crippen LogP contribution is -2.54. The third kappa shape index (κ3) is 3.92. The number of aromatic nitrogens is 2. The second-order valence-corrected chi connectivity index (χ2v) is 9.99. The first kappa shape index (κ1) is 19.5. The molecule has 4 aliphatic rings. The summed E-state index contributed by atoms with van der Waals surface area (Å²) in [5.41, 5.74) is 3.46. The van der Waals surface area contributed by atoms with Gasteiger partial charge >= 0.3 is 0 Å². The number of hydrogen-bond donors (Lipinski definition) is 2. The molecule has 6 nitrogen and oxygen atoms in total. The normalized spacial score (nSPS) is 29.1. The van der Waals surface area contributed by atoms with E-state index in [-0.39, 0.29) is 18.0 Å². The van der Waals surface area contributed by atoms with Gasteiger partial charge in [0, 0.05) is 37.9 Å². The highest BCUT2D eigenvalue weighted by molar-refractivity contribution is 5.82. The van der Waals surface area contributed by atoms with Crippen LogP contribution in [0.3, 0.4) is 0 Å². The Labute approximate surface area is 179 Å². The van der Waals surface area contributed by atoms with Gasteiger partial charge in [-0.05, 0) is 68.4 Å². The number of nitrogens with zero attached hydrogens (tertiary/aromatic N) is 3. The Morgan fingerprint density at radius 1 is 1.13 bits per heavy atom. The first-order valence-electron chi connectivity index (χ1n) is 11.3. The monoisotopic (exact) mass is 407 g/mol. The molecule has 4 bridgehead atoms. The standard InChI is InChI=1S/C24H33N5O/c1-28(15-20-13-26-29(2)16-20)23(30)14-25-21-5-3-4-6-22(21)27-24-10-17-7-18(11-24)9-19(8-17)12-24/h3-6,13,16-19,25,27H,7-12,14-15H2,1-2H3. The van der Waals surface area contributed by atoms with Gasteiger partial charge in [-0.15, -0.1) is 0 Å². The van der Waals surface area contributed by atoms with Crippen LogP contribution in [0.15, 0.2) is 36.7 Å². The number of hydrogen-bond acceptors (Lipinski definition) is 4. The summed E-state index contributed by atoms with van der Waals surface area (Å²) in [5, 5.41) is 11.5. The van der Waals surface area contributed by atoms with Crippen molar-refractivity contribution in [1.29, 1.82) is 0 Å². The van der Waals surface area contributed by atoms with Crippen molar-refractivity contribution in [2.75, 3.05) is 24.2 Å². The predicted molar refractivity (Wildman–Crippen MR) is 119 cm³/mol. The predicted octanol–water partition coefficient (Wildman–Crippen LogP) is 3.87. The number of likely N-dealkylation sites (N-methyl/N-ethyl adjacent to an activating group) is 1. The SMILES string of the molecule is CN(Cc1cnn(C)c1)C(=O)CNc1ccccc1NC12CC3CC(CC(C3)C1)C2. The maximum absolute atomic E-state index is 12.7. The molecule has 2 aromatic rings. The number of amides is 1. The highest BCUT2D eigenvalue weighted by atomic mass is 16.2. The Bertz CT molecular complexity index is 885. The summed E-state index contributed by atoms with van der Waals surface area (Å²) >= 11 is 0. The molecule has 0 radical (unpaired) electrons. The van der Waals surface area contributed by atoms with E-state index in [9.17, 15) is 4.79 Å². The van der Waals surface area contributed by atoms with Crippen LogP contribution in [0.5, 0.6) is 0 Å². The van der Waals surface area contributed by atoms with Crippen LogP contribution in [0.25, 0.3) is 0 Å². The van der Waals surface area contributed by atoms with E-state index in [0.717, 1.165) is 34.7 Å². The van der Waals surface area contributed by atoms with Gasteiger partial charge in [0.15, 0.2) is 0 Å². The summed E-state index contributed by atoms with van der Waals surface area (Å²) in [7, 11) is 3.73. The number of para-hydroxylation sites is 2. The minimum Gasteiger partial charge on any atom is -0.378 e. The zero-order chi connectivity index (χ0) is 20.7. The highest BCUT2D eigenvalue weighted by Crippen LogP contribution is 2.56. The summed E-state index contributed by atoms with van der Waals surface area (Å²) in [4.78, 5) is 14.4. The van der Waals surface area contributed by atoms with Gasteiger partial charge < -0.3 is 15.5 Å². The molecule has 0 atom stereocenters. The first-order chi connectivity index (χ1) is 14.5. The maximum atomic E-state index is 12.7. The van der Waals surface area contributed by atoms with E-state index < -0.39 is 0 Å². The number of carbonyl (C=O) groups excluding carboxylic acids is 1. The minimum atomic E-state index is 0.0726. The number of anilines is 2. The molecule has 4 aliphatic carbocycles. The van der Waals surface area contributed by atoms with E-state index >= 15 is 0 Å². The fraction of sp³-hybridized carbons (Fsp3) is 0.583. The van der Waals surface area contributed by atoms with Crippen LogP contribution in [0.1, 0.15) is 44.1 Å². The van der Waals surface area contributed by atoms with Crippen LogP contribution < -0.4 is 10.6 Å². The third-order valence-electron chi connectivity index (χ3n) is 7.40. The Morgan fingerprint density at radius 3 is 2.37 bits per heavy atom. The summed E-state index contributed by atoms with van der Waals surface area (Å²) in [6.45, 7) is 0.859. The zero-order valence-corrected chi connectivity index (χ0v) is 18.1. The molecule has 0 saturated heterocycles. The molecule has 0 unspecified atom stereocenters. The molecule has 30 heavy (non-hydrogen) atoms.